The summed E-state index contributed by atoms with van der Waals surface area (Å²) in [4.78, 5) is 14.3. The number of carbonyl (C=O) groups excluding carboxylic acids is 1. The molecule has 0 aromatic heterocycles. The SMILES string of the molecule is COc1ccc(OC)c(C[C@H]2CNCCN2C(=O)OC(C)(C)C)c1. The third-order valence-corrected chi connectivity index (χ3v) is 3.92. The summed E-state index contributed by atoms with van der Waals surface area (Å²) in [5, 5.41) is 3.35. The molecule has 1 N–H and O–H groups in total. The van der Waals surface area contributed by atoms with Gasteiger partial charge in [0.2, 0.25) is 0 Å². The van der Waals surface area contributed by atoms with Crippen LogP contribution < -0.4 is 14.8 Å². The third-order valence-electron chi connectivity index (χ3n) is 3.92. The molecular formula is C18H28N2O4. The zero-order valence-corrected chi connectivity index (χ0v) is 15.2. The van der Waals surface area contributed by atoms with Gasteiger partial charge in [0.25, 0.3) is 0 Å². The topological polar surface area (TPSA) is 60.0 Å². The van der Waals surface area contributed by atoms with Gasteiger partial charge in [-0.1, -0.05) is 0 Å². The van der Waals surface area contributed by atoms with Crippen LogP contribution in [-0.4, -0.2) is 56.5 Å². The molecule has 1 aromatic carbocycles. The summed E-state index contributed by atoms with van der Waals surface area (Å²) in [6, 6.07) is 5.73. The van der Waals surface area contributed by atoms with E-state index in [1.807, 2.05) is 39.0 Å². The Hall–Kier alpha value is -1.95. The Morgan fingerprint density at radius 2 is 2.04 bits per heavy atom. The van der Waals surface area contributed by atoms with Gasteiger partial charge in [-0.25, -0.2) is 4.79 Å². The molecule has 0 saturated carbocycles. The highest BCUT2D eigenvalue weighted by Crippen LogP contribution is 2.27. The molecule has 1 aliphatic rings. The number of carbonyl (C=O) groups is 1. The number of methoxy groups -OCH3 is 2. The summed E-state index contributed by atoms with van der Waals surface area (Å²) in [6.45, 7) is 7.77. The second-order valence-electron chi connectivity index (χ2n) is 6.91. The van der Waals surface area contributed by atoms with E-state index in [0.717, 1.165) is 30.2 Å². The molecular weight excluding hydrogens is 308 g/mol. The van der Waals surface area contributed by atoms with E-state index in [0.29, 0.717) is 13.0 Å². The monoisotopic (exact) mass is 336 g/mol. The Morgan fingerprint density at radius 1 is 1.29 bits per heavy atom. The highest BCUT2D eigenvalue weighted by molar-refractivity contribution is 5.69. The average molecular weight is 336 g/mol. The van der Waals surface area contributed by atoms with Gasteiger partial charge in [-0.2, -0.15) is 0 Å². The second kappa shape index (κ2) is 7.75. The van der Waals surface area contributed by atoms with Crippen LogP contribution in [0.25, 0.3) is 0 Å². The van der Waals surface area contributed by atoms with Crippen LogP contribution >= 0.6 is 0 Å². The first-order valence-corrected chi connectivity index (χ1v) is 8.25. The fourth-order valence-electron chi connectivity index (χ4n) is 2.80. The van der Waals surface area contributed by atoms with Crippen LogP contribution in [0.3, 0.4) is 0 Å². The fourth-order valence-corrected chi connectivity index (χ4v) is 2.80. The van der Waals surface area contributed by atoms with E-state index in [2.05, 4.69) is 5.32 Å². The predicted molar refractivity (Wildman–Crippen MR) is 92.8 cm³/mol. The zero-order valence-electron chi connectivity index (χ0n) is 15.2. The van der Waals surface area contributed by atoms with E-state index in [-0.39, 0.29) is 12.1 Å². The number of ether oxygens (including phenoxy) is 3. The van der Waals surface area contributed by atoms with Gasteiger partial charge >= 0.3 is 6.09 Å². The lowest BCUT2D eigenvalue weighted by atomic mass is 10.0. The van der Waals surface area contributed by atoms with Gasteiger partial charge in [0, 0.05) is 19.6 Å². The fraction of sp³-hybridized carbons (Fsp3) is 0.611. The Bertz CT molecular complexity index is 569. The molecule has 1 aliphatic heterocycles. The Balaban J connectivity index is 2.18. The first-order chi connectivity index (χ1) is 11.3. The van der Waals surface area contributed by atoms with E-state index in [1.165, 1.54) is 0 Å². The zero-order chi connectivity index (χ0) is 17.7. The van der Waals surface area contributed by atoms with Crippen molar-refractivity contribution < 1.29 is 19.0 Å². The molecule has 0 unspecified atom stereocenters. The molecule has 134 valence electrons. The number of benzene rings is 1. The summed E-state index contributed by atoms with van der Waals surface area (Å²) >= 11 is 0. The molecule has 1 fully saturated rings. The van der Waals surface area contributed by atoms with Gasteiger partial charge in [0.1, 0.15) is 17.1 Å². The summed E-state index contributed by atoms with van der Waals surface area (Å²) in [7, 11) is 3.29. The van der Waals surface area contributed by atoms with Crippen LogP contribution in [0.2, 0.25) is 0 Å². The minimum absolute atomic E-state index is 0.00889. The van der Waals surface area contributed by atoms with E-state index >= 15 is 0 Å². The summed E-state index contributed by atoms with van der Waals surface area (Å²) in [5.41, 5.74) is 0.513. The van der Waals surface area contributed by atoms with Crippen molar-refractivity contribution in [2.45, 2.75) is 38.8 Å². The maximum absolute atomic E-state index is 12.5. The van der Waals surface area contributed by atoms with Crippen molar-refractivity contribution in [3.05, 3.63) is 23.8 Å². The minimum atomic E-state index is -0.500. The van der Waals surface area contributed by atoms with E-state index in [4.69, 9.17) is 14.2 Å². The van der Waals surface area contributed by atoms with Crippen molar-refractivity contribution in [2.75, 3.05) is 33.9 Å². The Kier molecular flexibility index (Phi) is 5.94. The number of amides is 1. The number of nitrogens with zero attached hydrogens (tertiary/aromatic N) is 1. The maximum Gasteiger partial charge on any atom is 0.410 e. The Labute approximate surface area is 144 Å². The minimum Gasteiger partial charge on any atom is -0.497 e. The molecule has 0 radical (unpaired) electrons. The van der Waals surface area contributed by atoms with Gasteiger partial charge in [-0.05, 0) is 51.0 Å². The molecule has 1 atom stereocenters. The second-order valence-corrected chi connectivity index (χ2v) is 6.91. The lowest BCUT2D eigenvalue weighted by molar-refractivity contribution is 0.0121. The number of nitrogens with one attached hydrogen (secondary N) is 1. The normalized spacial score (nSPS) is 18.2. The standard InChI is InChI=1S/C18H28N2O4/c1-18(2,3)24-17(21)20-9-8-19-12-14(20)10-13-11-15(22-4)6-7-16(13)23-5/h6-7,11,14,19H,8-10,12H2,1-5H3/t14-/m0/s1. The largest absolute Gasteiger partial charge is 0.497 e. The van der Waals surface area contributed by atoms with Crippen molar-refractivity contribution in [3.63, 3.8) is 0 Å². The van der Waals surface area contributed by atoms with E-state index < -0.39 is 5.60 Å². The average Bonchev–Trinajstić information content (AvgIpc) is 2.53. The predicted octanol–water partition coefficient (Wildman–Crippen LogP) is 2.46. The summed E-state index contributed by atoms with van der Waals surface area (Å²) < 4.78 is 16.3. The molecule has 0 aliphatic carbocycles. The molecule has 6 nitrogen and oxygen atoms in total. The molecule has 0 bridgehead atoms. The third kappa shape index (κ3) is 4.77. The molecule has 1 saturated heterocycles. The first kappa shape index (κ1) is 18.4. The molecule has 24 heavy (non-hydrogen) atoms. The molecule has 0 spiro atoms. The van der Waals surface area contributed by atoms with Gasteiger partial charge in [-0.15, -0.1) is 0 Å². The van der Waals surface area contributed by atoms with Crippen molar-refractivity contribution in [1.29, 1.82) is 0 Å². The smallest absolute Gasteiger partial charge is 0.410 e. The maximum atomic E-state index is 12.5. The van der Waals surface area contributed by atoms with Crippen LogP contribution in [0.4, 0.5) is 4.79 Å². The van der Waals surface area contributed by atoms with Gasteiger partial charge in [0.15, 0.2) is 0 Å². The van der Waals surface area contributed by atoms with Crippen molar-refractivity contribution in [2.24, 2.45) is 0 Å². The van der Waals surface area contributed by atoms with Crippen LogP contribution in [0.1, 0.15) is 26.3 Å². The first-order valence-electron chi connectivity index (χ1n) is 8.25. The van der Waals surface area contributed by atoms with Crippen molar-refractivity contribution in [3.8, 4) is 11.5 Å². The highest BCUT2D eigenvalue weighted by Gasteiger charge is 2.31. The van der Waals surface area contributed by atoms with Crippen LogP contribution in [0.15, 0.2) is 18.2 Å². The molecule has 2 rings (SSSR count). The summed E-state index contributed by atoms with van der Waals surface area (Å²) in [6.07, 6.45) is 0.406. The van der Waals surface area contributed by atoms with Gasteiger partial charge in [0.05, 0.1) is 20.3 Å². The lowest BCUT2D eigenvalue weighted by Gasteiger charge is -2.37. The number of piperazine rings is 1. The number of hydrogen-bond acceptors (Lipinski definition) is 5. The Morgan fingerprint density at radius 3 is 2.67 bits per heavy atom. The van der Waals surface area contributed by atoms with Crippen molar-refractivity contribution in [1.82, 2.24) is 10.2 Å². The van der Waals surface area contributed by atoms with Gasteiger partial charge in [-0.3, -0.25) is 0 Å². The van der Waals surface area contributed by atoms with Crippen molar-refractivity contribution >= 4 is 6.09 Å². The van der Waals surface area contributed by atoms with E-state index in [9.17, 15) is 4.79 Å². The van der Waals surface area contributed by atoms with Crippen LogP contribution in [0, 0.1) is 0 Å². The number of hydrogen-bond donors (Lipinski definition) is 1. The molecule has 6 heteroatoms. The van der Waals surface area contributed by atoms with Crippen LogP contribution in [0.5, 0.6) is 11.5 Å². The lowest BCUT2D eigenvalue weighted by Crippen LogP contribution is -2.55. The molecule has 1 aromatic rings. The molecule has 1 heterocycles. The quantitative estimate of drug-likeness (QED) is 0.915. The molecule has 1 amide bonds. The highest BCUT2D eigenvalue weighted by atomic mass is 16.6. The van der Waals surface area contributed by atoms with Gasteiger partial charge < -0.3 is 24.4 Å². The van der Waals surface area contributed by atoms with E-state index in [1.54, 1.807) is 19.1 Å². The summed E-state index contributed by atoms with van der Waals surface area (Å²) in [5.74, 6) is 1.57. The van der Waals surface area contributed by atoms with Crippen LogP contribution in [-0.2, 0) is 11.2 Å². The number of rotatable bonds is 4.